The molecule has 0 bridgehead atoms. The first-order chi connectivity index (χ1) is 10.9. The zero-order valence-electron chi connectivity index (χ0n) is 11.4. The number of anilines is 1. The summed E-state index contributed by atoms with van der Waals surface area (Å²) in [7, 11) is -4.39. The Labute approximate surface area is 129 Å². The van der Waals surface area contributed by atoms with Crippen LogP contribution in [-0.2, 0) is 10.3 Å². The quantitative estimate of drug-likeness (QED) is 0.482. The van der Waals surface area contributed by atoms with Crippen molar-refractivity contribution < 1.29 is 17.7 Å². The van der Waals surface area contributed by atoms with Gasteiger partial charge in [0.1, 0.15) is 17.2 Å². The van der Waals surface area contributed by atoms with Crippen molar-refractivity contribution in [1.29, 1.82) is 0 Å². The summed E-state index contributed by atoms with van der Waals surface area (Å²) in [5.41, 5.74) is 0.772. The first-order valence-corrected chi connectivity index (χ1v) is 7.95. The second-order valence-corrected chi connectivity index (χ2v) is 6.12. The van der Waals surface area contributed by atoms with Gasteiger partial charge in [-0.2, -0.15) is 13.5 Å². The third-order valence-corrected chi connectivity index (χ3v) is 3.97. The van der Waals surface area contributed by atoms with E-state index in [4.69, 9.17) is 9.29 Å². The number of benzene rings is 2. The molecule has 1 aromatic heterocycles. The van der Waals surface area contributed by atoms with Gasteiger partial charge in [-0.05, 0) is 30.3 Å². The van der Waals surface area contributed by atoms with Crippen molar-refractivity contribution in [2.75, 3.05) is 4.72 Å². The number of hydrogen-bond donors (Lipinski definition) is 3. The van der Waals surface area contributed by atoms with E-state index in [1.807, 2.05) is 4.72 Å². The fourth-order valence-corrected chi connectivity index (χ4v) is 3.03. The Balaban J connectivity index is 2.00. The normalized spacial score (nSPS) is 12.6. The summed E-state index contributed by atoms with van der Waals surface area (Å²) in [5, 5.41) is 7.44. The monoisotopic (exact) mass is 331 g/mol. The highest BCUT2D eigenvalue weighted by molar-refractivity contribution is 7.87. The fraction of sp³-hybridized carbons (Fsp3) is 0. The Morgan fingerprint density at radius 1 is 1.17 bits per heavy atom. The number of nitrogens with zero attached hydrogens (tertiary/aromatic N) is 1. The zero-order valence-corrected chi connectivity index (χ0v) is 12.2. The summed E-state index contributed by atoms with van der Waals surface area (Å²) >= 11 is 0. The lowest BCUT2D eigenvalue weighted by Crippen LogP contribution is -2.13. The maximum atomic E-state index is 11.9. The molecule has 0 unspecified atom stereocenters. The van der Waals surface area contributed by atoms with Gasteiger partial charge in [-0.1, -0.05) is 6.07 Å². The van der Waals surface area contributed by atoms with Crippen LogP contribution in [0.3, 0.4) is 0 Å². The van der Waals surface area contributed by atoms with Gasteiger partial charge in [-0.3, -0.25) is 14.1 Å². The SMILES string of the molecule is O=c1[nH]nc2c3c(cccc13)Oc1ccc(NS(=O)(=O)O)cc1-2. The molecule has 116 valence electrons. The van der Waals surface area contributed by atoms with Crippen molar-refractivity contribution >= 4 is 26.8 Å². The first kappa shape index (κ1) is 13.7. The molecule has 1 aliphatic rings. The molecule has 8 nitrogen and oxygen atoms in total. The van der Waals surface area contributed by atoms with Crippen LogP contribution in [0.1, 0.15) is 0 Å². The fourth-order valence-electron chi connectivity index (χ4n) is 2.60. The Morgan fingerprint density at radius 3 is 2.78 bits per heavy atom. The topological polar surface area (TPSA) is 121 Å². The third-order valence-electron chi connectivity index (χ3n) is 3.48. The number of aromatic amines is 1. The van der Waals surface area contributed by atoms with Crippen LogP contribution in [-0.4, -0.2) is 23.2 Å². The van der Waals surface area contributed by atoms with E-state index in [1.54, 1.807) is 24.3 Å². The molecule has 0 saturated carbocycles. The van der Waals surface area contributed by atoms with Crippen molar-refractivity contribution in [1.82, 2.24) is 10.2 Å². The van der Waals surface area contributed by atoms with Gasteiger partial charge < -0.3 is 4.74 Å². The minimum absolute atomic E-state index is 0.149. The van der Waals surface area contributed by atoms with E-state index in [1.165, 1.54) is 12.1 Å². The predicted octanol–water partition coefficient (Wildman–Crippen LogP) is 1.91. The molecule has 2 aromatic carbocycles. The second-order valence-electron chi connectivity index (χ2n) is 4.97. The molecule has 0 atom stereocenters. The van der Waals surface area contributed by atoms with E-state index >= 15 is 0 Å². The number of hydrogen-bond acceptors (Lipinski definition) is 5. The smallest absolute Gasteiger partial charge is 0.357 e. The minimum atomic E-state index is -4.39. The van der Waals surface area contributed by atoms with Crippen LogP contribution in [0.4, 0.5) is 5.69 Å². The third kappa shape index (κ3) is 2.22. The summed E-state index contributed by atoms with van der Waals surface area (Å²) in [4.78, 5) is 11.9. The van der Waals surface area contributed by atoms with Gasteiger partial charge in [0.25, 0.3) is 5.56 Å². The molecule has 0 fully saturated rings. The molecule has 23 heavy (non-hydrogen) atoms. The molecule has 2 heterocycles. The molecule has 0 amide bonds. The molecule has 0 radical (unpaired) electrons. The van der Waals surface area contributed by atoms with Crippen LogP contribution < -0.4 is 15.0 Å². The van der Waals surface area contributed by atoms with Crippen molar-refractivity contribution in [3.63, 3.8) is 0 Å². The molecule has 9 heteroatoms. The van der Waals surface area contributed by atoms with Gasteiger partial charge in [0, 0.05) is 5.56 Å². The van der Waals surface area contributed by atoms with Gasteiger partial charge in [-0.15, -0.1) is 0 Å². The van der Waals surface area contributed by atoms with E-state index in [0.717, 1.165) is 0 Å². The van der Waals surface area contributed by atoms with E-state index in [0.29, 0.717) is 33.5 Å². The summed E-state index contributed by atoms with van der Waals surface area (Å²) in [6, 6.07) is 9.55. The van der Waals surface area contributed by atoms with Crippen LogP contribution in [0.25, 0.3) is 22.0 Å². The Morgan fingerprint density at radius 2 is 2.00 bits per heavy atom. The number of nitrogens with one attached hydrogen (secondary N) is 2. The Kier molecular flexibility index (Phi) is 2.71. The van der Waals surface area contributed by atoms with E-state index in [2.05, 4.69) is 10.2 Å². The van der Waals surface area contributed by atoms with Crippen LogP contribution in [0.2, 0.25) is 0 Å². The maximum absolute atomic E-state index is 11.9. The minimum Gasteiger partial charge on any atom is -0.456 e. The molecule has 0 aliphatic carbocycles. The van der Waals surface area contributed by atoms with Crippen LogP contribution in [0.15, 0.2) is 41.2 Å². The van der Waals surface area contributed by atoms with Gasteiger partial charge in [0.15, 0.2) is 0 Å². The lowest BCUT2D eigenvalue weighted by atomic mass is 10.0. The lowest BCUT2D eigenvalue weighted by molar-refractivity contribution is 0.485. The lowest BCUT2D eigenvalue weighted by Gasteiger charge is -2.20. The second kappa shape index (κ2) is 4.54. The van der Waals surface area contributed by atoms with Gasteiger partial charge >= 0.3 is 10.3 Å². The average Bonchev–Trinajstić information content (AvgIpc) is 2.49. The molecular formula is C14H9N3O5S. The highest BCUT2D eigenvalue weighted by atomic mass is 32.2. The highest BCUT2D eigenvalue weighted by Crippen LogP contribution is 2.45. The van der Waals surface area contributed by atoms with E-state index in [-0.39, 0.29) is 11.2 Å². The van der Waals surface area contributed by atoms with Crippen molar-refractivity contribution in [3.05, 3.63) is 46.8 Å². The molecule has 1 aliphatic heterocycles. The predicted molar refractivity (Wildman–Crippen MR) is 83.0 cm³/mol. The maximum Gasteiger partial charge on any atom is 0.357 e. The number of rotatable bonds is 2. The first-order valence-electron chi connectivity index (χ1n) is 6.51. The number of H-pyrrole nitrogens is 1. The van der Waals surface area contributed by atoms with Crippen molar-refractivity contribution in [2.24, 2.45) is 0 Å². The van der Waals surface area contributed by atoms with Gasteiger partial charge in [0.05, 0.1) is 16.5 Å². The van der Waals surface area contributed by atoms with Gasteiger partial charge in [0.2, 0.25) is 0 Å². The average molecular weight is 331 g/mol. The van der Waals surface area contributed by atoms with Gasteiger partial charge in [-0.25, -0.2) is 5.10 Å². The largest absolute Gasteiger partial charge is 0.456 e. The zero-order chi connectivity index (χ0) is 16.2. The molecular weight excluding hydrogens is 322 g/mol. The summed E-state index contributed by atoms with van der Waals surface area (Å²) in [5.74, 6) is 0.963. The van der Waals surface area contributed by atoms with Crippen molar-refractivity contribution in [2.45, 2.75) is 0 Å². The van der Waals surface area contributed by atoms with Crippen LogP contribution in [0, 0.1) is 0 Å². The van der Waals surface area contributed by atoms with Crippen molar-refractivity contribution in [3.8, 4) is 22.8 Å². The van der Waals surface area contributed by atoms with Crippen LogP contribution >= 0.6 is 0 Å². The molecule has 0 spiro atoms. The summed E-state index contributed by atoms with van der Waals surface area (Å²) < 4.78 is 38.5. The standard InChI is InChI=1S/C14H9N3O5S/c18-14-8-2-1-3-11-12(8)13(15-16-14)9-6-7(17-23(19,20)21)4-5-10(9)22-11/h1-6,17H,(H,16,18)(H,19,20,21). The number of ether oxygens (including phenoxy) is 1. The molecule has 3 N–H and O–H groups in total. The molecule has 3 aromatic rings. The van der Waals surface area contributed by atoms with E-state index < -0.39 is 10.3 Å². The van der Waals surface area contributed by atoms with Crippen LogP contribution in [0.5, 0.6) is 11.5 Å². The Bertz CT molecular complexity index is 1120. The molecule has 0 saturated heterocycles. The van der Waals surface area contributed by atoms with E-state index in [9.17, 15) is 13.2 Å². The summed E-state index contributed by atoms with van der Waals surface area (Å²) in [6.45, 7) is 0. The number of fused-ring (bicyclic) bond motifs is 2. The summed E-state index contributed by atoms with van der Waals surface area (Å²) in [6.07, 6.45) is 0. The molecule has 4 rings (SSSR count). The Hall–Kier alpha value is -2.91. The number of aromatic nitrogens is 2. The highest BCUT2D eigenvalue weighted by Gasteiger charge is 2.23.